The molecule has 0 heterocycles. The molecular formula is C15H24ClNO2. The van der Waals surface area contributed by atoms with Gasteiger partial charge in [-0.05, 0) is 57.2 Å². The largest absolute Gasteiger partial charge is 0.493 e. The van der Waals surface area contributed by atoms with Gasteiger partial charge in [0.2, 0.25) is 0 Å². The highest BCUT2D eigenvalue weighted by molar-refractivity contribution is 5.85. The van der Waals surface area contributed by atoms with Crippen molar-refractivity contribution < 1.29 is 9.47 Å². The van der Waals surface area contributed by atoms with E-state index in [0.717, 1.165) is 17.1 Å². The molecule has 19 heavy (non-hydrogen) atoms. The first-order valence-electron chi connectivity index (χ1n) is 6.86. The summed E-state index contributed by atoms with van der Waals surface area (Å²) in [6, 6.07) is 4.14. The highest BCUT2D eigenvalue weighted by Crippen LogP contribution is 2.49. The Morgan fingerprint density at radius 1 is 1.16 bits per heavy atom. The Labute approximate surface area is 121 Å². The van der Waals surface area contributed by atoms with Gasteiger partial charge in [0.1, 0.15) is 11.5 Å². The number of nitrogens with two attached hydrogens (primary N) is 1. The monoisotopic (exact) mass is 285 g/mol. The molecule has 1 saturated carbocycles. The van der Waals surface area contributed by atoms with Gasteiger partial charge in [-0.15, -0.1) is 12.4 Å². The number of rotatable bonds is 6. The van der Waals surface area contributed by atoms with E-state index in [1.54, 1.807) is 0 Å². The van der Waals surface area contributed by atoms with E-state index in [1.165, 1.54) is 18.4 Å². The Bertz CT molecular complexity index is 390. The summed E-state index contributed by atoms with van der Waals surface area (Å²) in [5.41, 5.74) is 8.29. The highest BCUT2D eigenvalue weighted by Gasteiger charge is 2.31. The zero-order valence-electron chi connectivity index (χ0n) is 11.9. The molecule has 0 spiro atoms. The molecule has 0 radical (unpaired) electrons. The van der Waals surface area contributed by atoms with E-state index in [9.17, 15) is 0 Å². The highest BCUT2D eigenvalue weighted by atomic mass is 35.5. The zero-order chi connectivity index (χ0) is 13.1. The smallest absolute Gasteiger partial charge is 0.126 e. The Morgan fingerprint density at radius 3 is 1.95 bits per heavy atom. The van der Waals surface area contributed by atoms with Crippen LogP contribution in [0.1, 0.15) is 56.7 Å². The molecule has 4 heteroatoms. The quantitative estimate of drug-likeness (QED) is 0.864. The lowest BCUT2D eigenvalue weighted by molar-refractivity contribution is 0.315. The van der Waals surface area contributed by atoms with Crippen LogP contribution in [0.15, 0.2) is 12.1 Å². The first-order valence-corrected chi connectivity index (χ1v) is 6.86. The van der Waals surface area contributed by atoms with Crippen molar-refractivity contribution in [3.63, 3.8) is 0 Å². The Hall–Kier alpha value is -0.930. The van der Waals surface area contributed by atoms with Crippen molar-refractivity contribution in [2.75, 3.05) is 13.2 Å². The van der Waals surface area contributed by atoms with Gasteiger partial charge in [0.15, 0.2) is 0 Å². The van der Waals surface area contributed by atoms with Crippen LogP contribution in [0.25, 0.3) is 0 Å². The molecule has 0 aliphatic heterocycles. The molecule has 2 N–H and O–H groups in total. The molecule has 3 nitrogen and oxygen atoms in total. The van der Waals surface area contributed by atoms with Crippen LogP contribution in [0.5, 0.6) is 11.5 Å². The van der Waals surface area contributed by atoms with Gasteiger partial charge in [-0.25, -0.2) is 0 Å². The second-order valence-electron chi connectivity index (χ2n) is 4.86. The average Bonchev–Trinajstić information content (AvgIpc) is 3.13. The van der Waals surface area contributed by atoms with Crippen LogP contribution in [0.2, 0.25) is 0 Å². The summed E-state index contributed by atoms with van der Waals surface area (Å²) in [7, 11) is 0. The first-order chi connectivity index (χ1) is 8.67. The van der Waals surface area contributed by atoms with Gasteiger partial charge in [0.25, 0.3) is 0 Å². The van der Waals surface area contributed by atoms with Crippen molar-refractivity contribution >= 4 is 12.4 Å². The van der Waals surface area contributed by atoms with Crippen LogP contribution < -0.4 is 15.2 Å². The maximum atomic E-state index is 5.97. The zero-order valence-corrected chi connectivity index (χ0v) is 12.8. The van der Waals surface area contributed by atoms with Gasteiger partial charge >= 0.3 is 0 Å². The molecule has 1 aliphatic carbocycles. The summed E-state index contributed by atoms with van der Waals surface area (Å²) >= 11 is 0. The van der Waals surface area contributed by atoms with E-state index >= 15 is 0 Å². The fraction of sp³-hybridized carbons (Fsp3) is 0.600. The van der Waals surface area contributed by atoms with E-state index in [2.05, 4.69) is 12.1 Å². The minimum Gasteiger partial charge on any atom is -0.493 e. The average molecular weight is 286 g/mol. The molecule has 0 aromatic heterocycles. The van der Waals surface area contributed by atoms with Crippen molar-refractivity contribution in [2.45, 2.75) is 45.6 Å². The Balaban J connectivity index is 0.00000180. The van der Waals surface area contributed by atoms with Crippen LogP contribution in [0.3, 0.4) is 0 Å². The molecule has 0 bridgehead atoms. The molecule has 108 valence electrons. The Kier molecular flexibility index (Phi) is 5.95. The standard InChI is InChI=1S/C15H23NO2.ClH/c1-4-17-13-8-12(10(3)16)9-14(18-5-2)15(13)11-6-7-11;/h8-11H,4-7,16H2,1-3H3;1H/t10-;/m1./s1. The number of hydrogen-bond acceptors (Lipinski definition) is 3. The van der Waals surface area contributed by atoms with Gasteiger partial charge in [-0.3, -0.25) is 0 Å². The molecule has 0 amide bonds. The third-order valence-electron chi connectivity index (χ3n) is 3.24. The molecule has 0 unspecified atom stereocenters. The van der Waals surface area contributed by atoms with Gasteiger partial charge in [0.05, 0.1) is 13.2 Å². The second-order valence-corrected chi connectivity index (χ2v) is 4.86. The number of ether oxygens (including phenoxy) is 2. The normalized spacial score (nSPS) is 15.6. The molecular weight excluding hydrogens is 262 g/mol. The minimum absolute atomic E-state index is 0. The molecule has 1 aromatic carbocycles. The lowest BCUT2D eigenvalue weighted by Crippen LogP contribution is -2.08. The lowest BCUT2D eigenvalue weighted by Gasteiger charge is -2.18. The fourth-order valence-electron chi connectivity index (χ4n) is 2.21. The fourth-order valence-corrected chi connectivity index (χ4v) is 2.21. The lowest BCUT2D eigenvalue weighted by atomic mass is 10.0. The summed E-state index contributed by atoms with van der Waals surface area (Å²) in [5, 5.41) is 0. The number of benzene rings is 1. The van der Waals surface area contributed by atoms with Crippen molar-refractivity contribution in [3.05, 3.63) is 23.3 Å². The van der Waals surface area contributed by atoms with Crippen molar-refractivity contribution in [1.29, 1.82) is 0 Å². The molecule has 2 rings (SSSR count). The molecule has 1 aliphatic rings. The van der Waals surface area contributed by atoms with Crippen LogP contribution >= 0.6 is 12.4 Å². The van der Waals surface area contributed by atoms with E-state index in [-0.39, 0.29) is 18.4 Å². The first kappa shape index (κ1) is 16.1. The van der Waals surface area contributed by atoms with Crippen LogP contribution in [-0.4, -0.2) is 13.2 Å². The topological polar surface area (TPSA) is 44.5 Å². The van der Waals surface area contributed by atoms with Gasteiger partial charge < -0.3 is 15.2 Å². The summed E-state index contributed by atoms with van der Waals surface area (Å²) in [5.74, 6) is 2.52. The van der Waals surface area contributed by atoms with E-state index in [0.29, 0.717) is 19.1 Å². The number of halogens is 1. The molecule has 1 atom stereocenters. The van der Waals surface area contributed by atoms with E-state index in [1.807, 2.05) is 20.8 Å². The van der Waals surface area contributed by atoms with Crippen molar-refractivity contribution in [3.8, 4) is 11.5 Å². The predicted molar refractivity (Wildman–Crippen MR) is 80.6 cm³/mol. The summed E-state index contributed by atoms with van der Waals surface area (Å²) < 4.78 is 11.6. The van der Waals surface area contributed by atoms with Crippen LogP contribution in [-0.2, 0) is 0 Å². The number of hydrogen-bond donors (Lipinski definition) is 1. The maximum Gasteiger partial charge on any atom is 0.126 e. The van der Waals surface area contributed by atoms with E-state index in [4.69, 9.17) is 15.2 Å². The third kappa shape index (κ3) is 3.77. The van der Waals surface area contributed by atoms with Gasteiger partial charge in [-0.2, -0.15) is 0 Å². The minimum atomic E-state index is -0.00309. The predicted octanol–water partition coefficient (Wildman–Crippen LogP) is 3.80. The SMILES string of the molecule is CCOc1cc([C@@H](C)N)cc(OCC)c1C1CC1.Cl. The van der Waals surface area contributed by atoms with Crippen LogP contribution in [0.4, 0.5) is 0 Å². The molecule has 0 saturated heterocycles. The van der Waals surface area contributed by atoms with Gasteiger partial charge in [-0.1, -0.05) is 0 Å². The van der Waals surface area contributed by atoms with Gasteiger partial charge in [0, 0.05) is 11.6 Å². The summed E-state index contributed by atoms with van der Waals surface area (Å²) in [4.78, 5) is 0. The Morgan fingerprint density at radius 2 is 1.63 bits per heavy atom. The summed E-state index contributed by atoms with van der Waals surface area (Å²) in [6.45, 7) is 7.35. The van der Waals surface area contributed by atoms with Crippen LogP contribution in [0, 0.1) is 0 Å². The van der Waals surface area contributed by atoms with E-state index < -0.39 is 0 Å². The second kappa shape index (κ2) is 7.01. The molecule has 1 aromatic rings. The third-order valence-corrected chi connectivity index (χ3v) is 3.24. The van der Waals surface area contributed by atoms with Crippen molar-refractivity contribution in [2.24, 2.45) is 5.73 Å². The summed E-state index contributed by atoms with van der Waals surface area (Å²) in [6.07, 6.45) is 2.47. The van der Waals surface area contributed by atoms with Crippen molar-refractivity contribution in [1.82, 2.24) is 0 Å². The maximum absolute atomic E-state index is 5.97. The molecule has 1 fully saturated rings.